The molecular weight excluding hydrogens is 200 g/mol. The molecular formula is C9H10N2S2. The number of rotatable bonds is 0. The van der Waals surface area contributed by atoms with Gasteiger partial charge < -0.3 is 10.7 Å². The van der Waals surface area contributed by atoms with Crippen molar-refractivity contribution in [1.29, 1.82) is 0 Å². The van der Waals surface area contributed by atoms with E-state index in [0.717, 1.165) is 26.8 Å². The summed E-state index contributed by atoms with van der Waals surface area (Å²) < 4.78 is 0. The number of hydrogen-bond donors (Lipinski definition) is 4. The Labute approximate surface area is 87.0 Å². The van der Waals surface area contributed by atoms with Crippen molar-refractivity contribution in [3.63, 3.8) is 0 Å². The van der Waals surface area contributed by atoms with Crippen molar-refractivity contribution in [2.45, 2.75) is 11.3 Å². The highest BCUT2D eigenvalue weighted by atomic mass is 32.1. The number of nitrogens with one attached hydrogen (secondary N) is 1. The second-order valence-corrected chi connectivity index (χ2v) is 3.98. The smallest absolute Gasteiger partial charge is 0.0483 e. The van der Waals surface area contributed by atoms with Crippen LogP contribution in [0.1, 0.15) is 6.42 Å². The summed E-state index contributed by atoms with van der Waals surface area (Å²) in [5.74, 6) is 0. The molecule has 0 saturated heterocycles. The van der Waals surface area contributed by atoms with Crippen LogP contribution in [0.25, 0.3) is 12.2 Å². The molecule has 1 aliphatic rings. The maximum atomic E-state index is 5.79. The second-order valence-electron chi connectivity index (χ2n) is 2.96. The summed E-state index contributed by atoms with van der Waals surface area (Å²) in [6, 6.07) is 0. The zero-order valence-electron chi connectivity index (χ0n) is 6.91. The Morgan fingerprint density at radius 2 is 2.15 bits per heavy atom. The summed E-state index contributed by atoms with van der Waals surface area (Å²) in [4.78, 5) is 4.95. The van der Waals surface area contributed by atoms with Gasteiger partial charge in [0.1, 0.15) is 0 Å². The third kappa shape index (κ3) is 1.51. The van der Waals surface area contributed by atoms with E-state index in [1.165, 1.54) is 0 Å². The maximum Gasteiger partial charge on any atom is 0.0483 e. The van der Waals surface area contributed by atoms with E-state index in [2.05, 4.69) is 36.3 Å². The Kier molecular flexibility index (Phi) is 2.17. The van der Waals surface area contributed by atoms with Crippen LogP contribution in [0.15, 0.2) is 21.7 Å². The molecule has 1 aromatic heterocycles. The summed E-state index contributed by atoms with van der Waals surface area (Å²) >= 11 is 8.62. The Morgan fingerprint density at radius 3 is 2.92 bits per heavy atom. The van der Waals surface area contributed by atoms with Crippen LogP contribution in [0.5, 0.6) is 0 Å². The number of nitrogens with two attached hydrogens (primary N) is 1. The normalized spacial score (nSPS) is 15.8. The van der Waals surface area contributed by atoms with Crippen LogP contribution in [-0.4, -0.2) is 4.98 Å². The number of fused-ring (bicyclic) bond motifs is 1. The molecule has 2 nitrogen and oxygen atoms in total. The van der Waals surface area contributed by atoms with Gasteiger partial charge in [-0.25, -0.2) is 0 Å². The maximum absolute atomic E-state index is 5.79. The molecule has 0 unspecified atom stereocenters. The zero-order valence-corrected chi connectivity index (χ0v) is 8.70. The highest BCUT2D eigenvalue weighted by molar-refractivity contribution is 7.84. The predicted molar refractivity (Wildman–Crippen MR) is 61.0 cm³/mol. The molecule has 1 aliphatic carbocycles. The van der Waals surface area contributed by atoms with Gasteiger partial charge in [0.2, 0.25) is 0 Å². The fourth-order valence-corrected chi connectivity index (χ4v) is 1.76. The monoisotopic (exact) mass is 210 g/mol. The lowest BCUT2D eigenvalue weighted by Gasteiger charge is -1.95. The van der Waals surface area contributed by atoms with Crippen LogP contribution < -0.4 is 16.3 Å². The van der Waals surface area contributed by atoms with Gasteiger partial charge in [-0.3, -0.25) is 0 Å². The van der Waals surface area contributed by atoms with E-state index < -0.39 is 0 Å². The van der Waals surface area contributed by atoms with Crippen LogP contribution in [0.3, 0.4) is 0 Å². The average Bonchev–Trinajstić information content (AvgIpc) is 2.36. The lowest BCUT2D eigenvalue weighted by molar-refractivity contribution is 1.30. The van der Waals surface area contributed by atoms with E-state index in [9.17, 15) is 0 Å². The fraction of sp³-hybridized carbons (Fsp3) is 0.111. The van der Waals surface area contributed by atoms with Crippen LogP contribution in [0.4, 0.5) is 0 Å². The lowest BCUT2D eigenvalue weighted by atomic mass is 10.3. The molecule has 2 rings (SSSR count). The molecule has 68 valence electrons. The Bertz CT molecular complexity index is 482. The van der Waals surface area contributed by atoms with Gasteiger partial charge in [-0.2, -0.15) is 0 Å². The predicted octanol–water partition coefficient (Wildman–Crippen LogP) is 0.368. The van der Waals surface area contributed by atoms with E-state index >= 15 is 0 Å². The van der Waals surface area contributed by atoms with Crippen LogP contribution in [0, 0.1) is 0 Å². The molecule has 0 spiro atoms. The molecule has 0 radical (unpaired) electrons. The first-order valence-electron chi connectivity index (χ1n) is 3.94. The van der Waals surface area contributed by atoms with Gasteiger partial charge in [0, 0.05) is 32.3 Å². The van der Waals surface area contributed by atoms with Crippen LogP contribution >= 0.6 is 25.3 Å². The van der Waals surface area contributed by atoms with Crippen molar-refractivity contribution in [3.05, 3.63) is 27.4 Å². The first-order chi connectivity index (χ1) is 6.18. The van der Waals surface area contributed by atoms with Gasteiger partial charge in [0.15, 0.2) is 0 Å². The minimum Gasteiger partial charge on any atom is -0.398 e. The van der Waals surface area contributed by atoms with E-state index in [0.29, 0.717) is 5.70 Å². The first-order valence-corrected chi connectivity index (χ1v) is 4.84. The molecule has 0 aromatic carbocycles. The van der Waals surface area contributed by atoms with Crippen molar-refractivity contribution in [1.82, 2.24) is 4.98 Å². The third-order valence-electron chi connectivity index (χ3n) is 2.06. The Morgan fingerprint density at radius 1 is 1.38 bits per heavy atom. The topological polar surface area (TPSA) is 41.8 Å². The molecule has 1 heterocycles. The molecule has 0 atom stereocenters. The summed E-state index contributed by atoms with van der Waals surface area (Å²) in [6.07, 6.45) is 6.59. The van der Waals surface area contributed by atoms with E-state index in [1.54, 1.807) is 0 Å². The Balaban J connectivity index is 2.76. The first kappa shape index (κ1) is 8.84. The van der Waals surface area contributed by atoms with Crippen LogP contribution in [0.2, 0.25) is 0 Å². The standard InChI is InChI=1S/C9H10N2S2/c10-6-3-7-5(1-2-8(6)12)9(13)4-11-7/h1,3-4,11-13H,2,10H2. The summed E-state index contributed by atoms with van der Waals surface area (Å²) in [7, 11) is 0. The van der Waals surface area contributed by atoms with Gasteiger partial charge in [0.25, 0.3) is 0 Å². The van der Waals surface area contributed by atoms with Gasteiger partial charge in [-0.05, 0) is 12.5 Å². The molecule has 0 fully saturated rings. The van der Waals surface area contributed by atoms with E-state index in [4.69, 9.17) is 5.73 Å². The van der Waals surface area contributed by atoms with Gasteiger partial charge in [0.05, 0.1) is 0 Å². The van der Waals surface area contributed by atoms with Crippen LogP contribution in [-0.2, 0) is 0 Å². The molecule has 0 aliphatic heterocycles. The lowest BCUT2D eigenvalue weighted by Crippen LogP contribution is -2.23. The number of thiol groups is 2. The molecule has 0 saturated carbocycles. The summed E-state index contributed by atoms with van der Waals surface area (Å²) in [5.41, 5.74) is 6.50. The SMILES string of the molecule is NC1=C(S)CC=c2c(S)c[nH]c2=C1. The highest BCUT2D eigenvalue weighted by Crippen LogP contribution is 2.12. The third-order valence-corrected chi connectivity index (χ3v) is 2.87. The summed E-state index contributed by atoms with van der Waals surface area (Å²) in [6.45, 7) is 0. The van der Waals surface area contributed by atoms with Crippen molar-refractivity contribution in [2.24, 2.45) is 5.73 Å². The highest BCUT2D eigenvalue weighted by Gasteiger charge is 2.02. The minimum atomic E-state index is 0.716. The number of aromatic amines is 1. The average molecular weight is 210 g/mol. The van der Waals surface area contributed by atoms with Crippen molar-refractivity contribution in [2.75, 3.05) is 0 Å². The van der Waals surface area contributed by atoms with E-state index in [1.807, 2.05) is 12.3 Å². The molecule has 1 aromatic rings. The minimum absolute atomic E-state index is 0.716. The van der Waals surface area contributed by atoms with Crippen molar-refractivity contribution >= 4 is 37.4 Å². The number of H-pyrrole nitrogens is 1. The molecule has 0 bridgehead atoms. The van der Waals surface area contributed by atoms with Gasteiger partial charge in [-0.15, -0.1) is 25.3 Å². The number of allylic oxidation sites excluding steroid dienone is 2. The quantitative estimate of drug-likeness (QED) is 0.459. The fourth-order valence-electron chi connectivity index (χ4n) is 1.33. The molecule has 0 amide bonds. The largest absolute Gasteiger partial charge is 0.398 e. The Hall–Kier alpha value is -0.740. The van der Waals surface area contributed by atoms with Crippen molar-refractivity contribution < 1.29 is 0 Å². The molecule has 13 heavy (non-hydrogen) atoms. The number of hydrogen-bond acceptors (Lipinski definition) is 3. The van der Waals surface area contributed by atoms with Gasteiger partial charge in [-0.1, -0.05) is 6.08 Å². The van der Waals surface area contributed by atoms with Gasteiger partial charge >= 0.3 is 0 Å². The van der Waals surface area contributed by atoms with Crippen molar-refractivity contribution in [3.8, 4) is 0 Å². The molecule has 3 N–H and O–H groups in total. The number of aromatic nitrogens is 1. The summed E-state index contributed by atoms with van der Waals surface area (Å²) in [5, 5.41) is 2.11. The molecule has 4 heteroatoms. The second kappa shape index (κ2) is 3.20. The zero-order chi connectivity index (χ0) is 9.42. The van der Waals surface area contributed by atoms with E-state index in [-0.39, 0.29) is 0 Å².